The first-order valence-electron chi connectivity index (χ1n) is 5.57. The number of nitrogens with one attached hydrogen (secondary N) is 1. The molecule has 0 saturated heterocycles. The van der Waals surface area contributed by atoms with E-state index in [0.717, 1.165) is 11.3 Å². The van der Waals surface area contributed by atoms with Crippen LogP contribution in [0.2, 0.25) is 5.02 Å². The number of benzene rings is 1. The molecule has 0 aliphatic heterocycles. The Balaban J connectivity index is 2.18. The first-order valence-corrected chi connectivity index (χ1v) is 5.94. The monoisotopic (exact) mass is 257 g/mol. The van der Waals surface area contributed by atoms with Crippen molar-refractivity contribution in [2.24, 2.45) is 0 Å². The maximum Gasteiger partial charge on any atom is 0.0992 e. The van der Waals surface area contributed by atoms with E-state index < -0.39 is 0 Å². The molecular formula is C14H12ClN3. The first kappa shape index (κ1) is 12.4. The largest absolute Gasteiger partial charge is 0.377 e. The molecule has 90 valence electrons. The number of nitrogens with zero attached hydrogens (tertiary/aromatic N) is 2. The summed E-state index contributed by atoms with van der Waals surface area (Å²) >= 11 is 6.11. The lowest BCUT2D eigenvalue weighted by Crippen LogP contribution is -2.07. The zero-order valence-electron chi connectivity index (χ0n) is 9.89. The van der Waals surface area contributed by atoms with Gasteiger partial charge >= 0.3 is 0 Å². The highest BCUT2D eigenvalue weighted by molar-refractivity contribution is 6.33. The van der Waals surface area contributed by atoms with Gasteiger partial charge in [-0.1, -0.05) is 11.6 Å². The van der Waals surface area contributed by atoms with Gasteiger partial charge in [-0.05, 0) is 42.8 Å². The minimum absolute atomic E-state index is 0.124. The van der Waals surface area contributed by atoms with Crippen molar-refractivity contribution < 1.29 is 0 Å². The first-order chi connectivity index (χ1) is 8.70. The molecule has 0 aliphatic rings. The van der Waals surface area contributed by atoms with Gasteiger partial charge in [0.25, 0.3) is 0 Å². The number of rotatable bonds is 3. The van der Waals surface area contributed by atoms with Gasteiger partial charge in [-0.2, -0.15) is 5.26 Å². The van der Waals surface area contributed by atoms with Crippen molar-refractivity contribution in [2.45, 2.75) is 13.0 Å². The van der Waals surface area contributed by atoms with E-state index in [0.29, 0.717) is 10.6 Å². The number of halogens is 1. The summed E-state index contributed by atoms with van der Waals surface area (Å²) in [5, 5.41) is 12.6. The fourth-order valence-electron chi connectivity index (χ4n) is 1.67. The van der Waals surface area contributed by atoms with Crippen molar-refractivity contribution in [3.8, 4) is 6.07 Å². The third-order valence-electron chi connectivity index (χ3n) is 2.68. The third-order valence-corrected chi connectivity index (χ3v) is 2.99. The van der Waals surface area contributed by atoms with Gasteiger partial charge in [0, 0.05) is 18.4 Å². The molecule has 0 bridgehead atoms. The number of anilines is 1. The van der Waals surface area contributed by atoms with E-state index in [1.807, 2.05) is 25.1 Å². The Kier molecular flexibility index (Phi) is 3.81. The number of hydrogen-bond donors (Lipinski definition) is 1. The Bertz CT molecular complexity index is 575. The lowest BCUT2D eigenvalue weighted by atomic mass is 10.1. The molecule has 1 unspecified atom stereocenters. The highest BCUT2D eigenvalue weighted by Gasteiger charge is 2.07. The van der Waals surface area contributed by atoms with Crippen LogP contribution in [0.15, 0.2) is 42.7 Å². The molecule has 0 saturated carbocycles. The second-order valence-electron chi connectivity index (χ2n) is 3.95. The SMILES string of the molecule is CC(Nc1ccc(C#N)cc1Cl)c1ccncc1. The number of pyridine rings is 1. The quantitative estimate of drug-likeness (QED) is 0.910. The summed E-state index contributed by atoms with van der Waals surface area (Å²) in [6, 6.07) is 11.3. The summed E-state index contributed by atoms with van der Waals surface area (Å²) in [4.78, 5) is 3.99. The molecule has 1 atom stereocenters. The molecule has 1 aromatic heterocycles. The van der Waals surface area contributed by atoms with Crippen molar-refractivity contribution in [1.29, 1.82) is 5.26 Å². The lowest BCUT2D eigenvalue weighted by molar-refractivity contribution is 0.881. The van der Waals surface area contributed by atoms with Crippen LogP contribution in [0.4, 0.5) is 5.69 Å². The minimum Gasteiger partial charge on any atom is -0.377 e. The summed E-state index contributed by atoms with van der Waals surface area (Å²) in [5.74, 6) is 0. The van der Waals surface area contributed by atoms with Crippen molar-refractivity contribution in [1.82, 2.24) is 4.98 Å². The summed E-state index contributed by atoms with van der Waals surface area (Å²) < 4.78 is 0. The summed E-state index contributed by atoms with van der Waals surface area (Å²) in [7, 11) is 0. The van der Waals surface area contributed by atoms with E-state index in [-0.39, 0.29) is 6.04 Å². The average Bonchev–Trinajstić information content (AvgIpc) is 2.42. The maximum absolute atomic E-state index is 8.78. The molecule has 2 rings (SSSR count). The molecular weight excluding hydrogens is 246 g/mol. The number of hydrogen-bond acceptors (Lipinski definition) is 3. The lowest BCUT2D eigenvalue weighted by Gasteiger charge is -2.16. The van der Waals surface area contributed by atoms with Crippen LogP contribution in [-0.2, 0) is 0 Å². The van der Waals surface area contributed by atoms with Crippen molar-refractivity contribution in [2.75, 3.05) is 5.32 Å². The highest BCUT2D eigenvalue weighted by atomic mass is 35.5. The highest BCUT2D eigenvalue weighted by Crippen LogP contribution is 2.26. The van der Waals surface area contributed by atoms with Crippen LogP contribution in [-0.4, -0.2) is 4.98 Å². The molecule has 2 aromatic rings. The molecule has 0 aliphatic carbocycles. The molecule has 3 nitrogen and oxygen atoms in total. The normalized spacial score (nSPS) is 11.6. The van der Waals surface area contributed by atoms with Gasteiger partial charge in [0.1, 0.15) is 0 Å². The van der Waals surface area contributed by atoms with Crippen LogP contribution in [0.1, 0.15) is 24.1 Å². The predicted molar refractivity (Wildman–Crippen MR) is 72.4 cm³/mol. The Hall–Kier alpha value is -2.05. The molecule has 0 spiro atoms. The predicted octanol–water partition coefficient (Wildman–Crippen LogP) is 3.78. The third kappa shape index (κ3) is 2.79. The summed E-state index contributed by atoms with van der Waals surface area (Å²) in [6.07, 6.45) is 3.52. The molecule has 4 heteroatoms. The molecule has 0 fully saturated rings. The molecule has 1 aromatic carbocycles. The Morgan fingerprint density at radius 3 is 2.61 bits per heavy atom. The Morgan fingerprint density at radius 1 is 1.28 bits per heavy atom. The fourth-order valence-corrected chi connectivity index (χ4v) is 1.91. The van der Waals surface area contributed by atoms with Crippen LogP contribution in [0, 0.1) is 11.3 Å². The zero-order valence-corrected chi connectivity index (χ0v) is 10.6. The molecule has 1 heterocycles. The van der Waals surface area contributed by atoms with Crippen LogP contribution >= 0.6 is 11.6 Å². The smallest absolute Gasteiger partial charge is 0.0992 e. The van der Waals surface area contributed by atoms with Gasteiger partial charge in [-0.25, -0.2) is 0 Å². The number of nitriles is 1. The Morgan fingerprint density at radius 2 is 2.00 bits per heavy atom. The van der Waals surface area contributed by atoms with E-state index >= 15 is 0 Å². The standard InChI is InChI=1S/C14H12ClN3/c1-10(12-4-6-17-7-5-12)18-14-3-2-11(9-16)8-13(14)15/h2-8,10,18H,1H3. The molecule has 0 radical (unpaired) electrons. The van der Waals surface area contributed by atoms with Crippen molar-refractivity contribution >= 4 is 17.3 Å². The van der Waals surface area contributed by atoms with E-state index in [1.165, 1.54) is 0 Å². The van der Waals surface area contributed by atoms with Crippen molar-refractivity contribution in [3.63, 3.8) is 0 Å². The van der Waals surface area contributed by atoms with E-state index in [2.05, 4.69) is 16.4 Å². The van der Waals surface area contributed by atoms with Crippen LogP contribution in [0.3, 0.4) is 0 Å². The van der Waals surface area contributed by atoms with E-state index in [9.17, 15) is 0 Å². The summed E-state index contributed by atoms with van der Waals surface area (Å²) in [6.45, 7) is 2.05. The molecule has 1 N–H and O–H groups in total. The van der Waals surface area contributed by atoms with Gasteiger partial charge in [-0.3, -0.25) is 4.98 Å². The average molecular weight is 258 g/mol. The topological polar surface area (TPSA) is 48.7 Å². The van der Waals surface area contributed by atoms with Crippen molar-refractivity contribution in [3.05, 3.63) is 58.9 Å². The fraction of sp³-hybridized carbons (Fsp3) is 0.143. The van der Waals surface area contributed by atoms with Crippen LogP contribution < -0.4 is 5.32 Å². The Labute approximate surface area is 111 Å². The second kappa shape index (κ2) is 5.52. The maximum atomic E-state index is 8.78. The van der Waals surface area contributed by atoms with Crippen LogP contribution in [0.5, 0.6) is 0 Å². The molecule has 18 heavy (non-hydrogen) atoms. The molecule has 0 amide bonds. The second-order valence-corrected chi connectivity index (χ2v) is 4.36. The van der Waals surface area contributed by atoms with E-state index in [1.54, 1.807) is 24.5 Å². The van der Waals surface area contributed by atoms with Gasteiger partial charge in [0.15, 0.2) is 0 Å². The van der Waals surface area contributed by atoms with Gasteiger partial charge < -0.3 is 5.32 Å². The van der Waals surface area contributed by atoms with Gasteiger partial charge in [0.2, 0.25) is 0 Å². The minimum atomic E-state index is 0.124. The van der Waals surface area contributed by atoms with Gasteiger partial charge in [-0.15, -0.1) is 0 Å². The van der Waals surface area contributed by atoms with Gasteiger partial charge in [0.05, 0.1) is 22.3 Å². The van der Waals surface area contributed by atoms with E-state index in [4.69, 9.17) is 16.9 Å². The van der Waals surface area contributed by atoms with Crippen LogP contribution in [0.25, 0.3) is 0 Å². The zero-order chi connectivity index (χ0) is 13.0. The number of aromatic nitrogens is 1. The summed E-state index contributed by atoms with van der Waals surface area (Å²) in [5.41, 5.74) is 2.51.